The number of hydrogen-bond acceptors (Lipinski definition) is 5. The van der Waals surface area contributed by atoms with E-state index >= 15 is 0 Å². The summed E-state index contributed by atoms with van der Waals surface area (Å²) in [6.07, 6.45) is 0. The molecular weight excluding hydrogens is 280 g/mol. The Morgan fingerprint density at radius 1 is 1.18 bits per heavy atom. The molecule has 6 heteroatoms. The van der Waals surface area contributed by atoms with Gasteiger partial charge >= 0.3 is 0 Å². The van der Waals surface area contributed by atoms with Crippen LogP contribution in [0.25, 0.3) is 0 Å². The van der Waals surface area contributed by atoms with Gasteiger partial charge in [-0.2, -0.15) is 0 Å². The van der Waals surface area contributed by atoms with Crippen molar-refractivity contribution in [2.75, 3.05) is 17.7 Å². The maximum atomic E-state index is 12.3. The van der Waals surface area contributed by atoms with Gasteiger partial charge in [0.25, 0.3) is 5.91 Å². The number of benzene rings is 1. The molecule has 0 fully saturated rings. The summed E-state index contributed by atoms with van der Waals surface area (Å²) in [4.78, 5) is 20.8. The molecule has 22 heavy (non-hydrogen) atoms. The van der Waals surface area contributed by atoms with Crippen molar-refractivity contribution in [3.8, 4) is 5.75 Å². The van der Waals surface area contributed by atoms with Crippen LogP contribution < -0.4 is 15.4 Å². The molecule has 1 aromatic heterocycles. The zero-order chi connectivity index (χ0) is 16.1. The van der Waals surface area contributed by atoms with E-state index in [1.165, 1.54) is 0 Å². The van der Waals surface area contributed by atoms with Gasteiger partial charge in [0, 0.05) is 17.4 Å². The summed E-state index contributed by atoms with van der Waals surface area (Å²) < 4.78 is 5.09. The van der Waals surface area contributed by atoms with E-state index in [4.69, 9.17) is 4.74 Å². The van der Waals surface area contributed by atoms with Crippen molar-refractivity contribution >= 4 is 17.5 Å². The average Bonchev–Trinajstić information content (AvgIpc) is 2.46. The largest absolute Gasteiger partial charge is 0.497 e. The third kappa shape index (κ3) is 4.18. The number of aromatic nitrogens is 2. The van der Waals surface area contributed by atoms with Crippen molar-refractivity contribution in [3.05, 3.63) is 41.7 Å². The number of nitrogens with one attached hydrogen (secondary N) is 2. The number of carbonyl (C=O) groups is 1. The number of ether oxygens (including phenoxy) is 1. The van der Waals surface area contributed by atoms with Gasteiger partial charge < -0.3 is 15.4 Å². The third-order valence-electron chi connectivity index (χ3n) is 2.85. The van der Waals surface area contributed by atoms with E-state index in [0.29, 0.717) is 17.3 Å². The molecule has 0 radical (unpaired) electrons. The smallest absolute Gasteiger partial charge is 0.274 e. The fraction of sp³-hybridized carbons (Fsp3) is 0.312. The minimum absolute atomic E-state index is 0.194. The Hall–Kier alpha value is -2.63. The van der Waals surface area contributed by atoms with Crippen LogP contribution in [0.1, 0.15) is 30.0 Å². The summed E-state index contributed by atoms with van der Waals surface area (Å²) in [6, 6.07) is 8.97. The highest BCUT2D eigenvalue weighted by atomic mass is 16.5. The first-order chi connectivity index (χ1) is 10.5. The Balaban J connectivity index is 2.15. The molecular formula is C16H20N4O2. The summed E-state index contributed by atoms with van der Waals surface area (Å²) in [5, 5.41) is 5.91. The van der Waals surface area contributed by atoms with Crippen LogP contribution in [-0.2, 0) is 0 Å². The van der Waals surface area contributed by atoms with Gasteiger partial charge in [0.15, 0.2) is 0 Å². The standard InChI is InChI=1S/C16H20N4O2/c1-10(2)17-16-18-11(3)9-14(20-16)15(21)19-12-5-7-13(22-4)8-6-12/h5-10H,1-4H3,(H,19,21)(H,17,18,20). The molecule has 1 aromatic carbocycles. The highest BCUT2D eigenvalue weighted by Crippen LogP contribution is 2.16. The molecule has 0 saturated carbocycles. The van der Waals surface area contributed by atoms with Crippen LogP contribution in [0.15, 0.2) is 30.3 Å². The van der Waals surface area contributed by atoms with Crippen LogP contribution >= 0.6 is 0 Å². The predicted octanol–water partition coefficient (Wildman–Crippen LogP) is 2.87. The number of anilines is 2. The second-order valence-electron chi connectivity index (χ2n) is 5.20. The predicted molar refractivity (Wildman–Crippen MR) is 86.5 cm³/mol. The van der Waals surface area contributed by atoms with E-state index in [-0.39, 0.29) is 11.9 Å². The number of methoxy groups -OCH3 is 1. The highest BCUT2D eigenvalue weighted by molar-refractivity contribution is 6.03. The van der Waals surface area contributed by atoms with E-state index in [1.54, 1.807) is 37.4 Å². The van der Waals surface area contributed by atoms with E-state index < -0.39 is 0 Å². The highest BCUT2D eigenvalue weighted by Gasteiger charge is 2.11. The van der Waals surface area contributed by atoms with Crippen LogP contribution in [0, 0.1) is 6.92 Å². The molecule has 0 aliphatic heterocycles. The van der Waals surface area contributed by atoms with E-state index in [9.17, 15) is 4.79 Å². The lowest BCUT2D eigenvalue weighted by Gasteiger charge is -2.11. The van der Waals surface area contributed by atoms with Crippen LogP contribution in [-0.4, -0.2) is 29.0 Å². The molecule has 0 aliphatic rings. The zero-order valence-corrected chi connectivity index (χ0v) is 13.2. The van der Waals surface area contributed by atoms with Crippen molar-refractivity contribution in [2.45, 2.75) is 26.8 Å². The van der Waals surface area contributed by atoms with Crippen LogP contribution in [0.4, 0.5) is 11.6 Å². The molecule has 2 N–H and O–H groups in total. The maximum Gasteiger partial charge on any atom is 0.274 e. The molecule has 2 rings (SSSR count). The Bertz CT molecular complexity index is 654. The van der Waals surface area contributed by atoms with Crippen molar-refractivity contribution in [2.24, 2.45) is 0 Å². The summed E-state index contributed by atoms with van der Waals surface area (Å²) in [6.45, 7) is 5.81. The summed E-state index contributed by atoms with van der Waals surface area (Å²) >= 11 is 0. The summed E-state index contributed by atoms with van der Waals surface area (Å²) in [5.41, 5.74) is 1.74. The molecule has 116 valence electrons. The minimum atomic E-state index is -0.275. The van der Waals surface area contributed by atoms with Gasteiger partial charge in [0.2, 0.25) is 5.95 Å². The first-order valence-electron chi connectivity index (χ1n) is 7.05. The van der Waals surface area contributed by atoms with E-state index in [1.807, 2.05) is 20.8 Å². The van der Waals surface area contributed by atoms with Crippen LogP contribution in [0.5, 0.6) is 5.75 Å². The van der Waals surface area contributed by atoms with Crippen molar-refractivity contribution in [1.29, 1.82) is 0 Å². The summed E-state index contributed by atoms with van der Waals surface area (Å²) in [7, 11) is 1.60. The van der Waals surface area contributed by atoms with Gasteiger partial charge in [0.05, 0.1) is 7.11 Å². The molecule has 0 atom stereocenters. The SMILES string of the molecule is COc1ccc(NC(=O)c2cc(C)nc(NC(C)C)n2)cc1. The van der Waals surface area contributed by atoms with Crippen molar-refractivity contribution in [3.63, 3.8) is 0 Å². The van der Waals surface area contributed by atoms with Gasteiger partial charge in [-0.1, -0.05) is 0 Å². The second kappa shape index (κ2) is 6.89. The van der Waals surface area contributed by atoms with E-state index in [2.05, 4.69) is 20.6 Å². The number of carbonyl (C=O) groups excluding carboxylic acids is 1. The number of hydrogen-bond donors (Lipinski definition) is 2. The third-order valence-corrected chi connectivity index (χ3v) is 2.85. The number of rotatable bonds is 5. The number of nitrogens with zero attached hydrogens (tertiary/aromatic N) is 2. The molecule has 2 aromatic rings. The second-order valence-corrected chi connectivity index (χ2v) is 5.20. The number of aryl methyl sites for hydroxylation is 1. The maximum absolute atomic E-state index is 12.3. The first kappa shape index (κ1) is 15.8. The quantitative estimate of drug-likeness (QED) is 0.888. The van der Waals surface area contributed by atoms with Crippen molar-refractivity contribution in [1.82, 2.24) is 9.97 Å². The molecule has 0 bridgehead atoms. The average molecular weight is 300 g/mol. The molecule has 1 heterocycles. The summed E-state index contributed by atoms with van der Waals surface area (Å²) in [5.74, 6) is 0.914. The lowest BCUT2D eigenvalue weighted by atomic mass is 10.2. The van der Waals surface area contributed by atoms with Gasteiger partial charge in [-0.3, -0.25) is 4.79 Å². The first-order valence-corrected chi connectivity index (χ1v) is 7.05. The van der Waals surface area contributed by atoms with E-state index in [0.717, 1.165) is 11.4 Å². The normalized spacial score (nSPS) is 10.4. The molecule has 0 saturated heterocycles. The van der Waals surface area contributed by atoms with Gasteiger partial charge in [0.1, 0.15) is 11.4 Å². The molecule has 6 nitrogen and oxygen atoms in total. The lowest BCUT2D eigenvalue weighted by Crippen LogP contribution is -2.18. The minimum Gasteiger partial charge on any atom is -0.497 e. The van der Waals surface area contributed by atoms with Crippen molar-refractivity contribution < 1.29 is 9.53 Å². The Labute approximate surface area is 129 Å². The zero-order valence-electron chi connectivity index (χ0n) is 13.2. The fourth-order valence-electron chi connectivity index (χ4n) is 1.88. The van der Waals surface area contributed by atoms with Gasteiger partial charge in [-0.15, -0.1) is 0 Å². The number of amides is 1. The Morgan fingerprint density at radius 3 is 2.45 bits per heavy atom. The Morgan fingerprint density at radius 2 is 1.86 bits per heavy atom. The van der Waals surface area contributed by atoms with Gasteiger partial charge in [-0.25, -0.2) is 9.97 Å². The molecule has 0 spiro atoms. The fourth-order valence-corrected chi connectivity index (χ4v) is 1.88. The Kier molecular flexibility index (Phi) is 4.93. The van der Waals surface area contributed by atoms with Crippen LogP contribution in [0.3, 0.4) is 0 Å². The van der Waals surface area contributed by atoms with Gasteiger partial charge in [-0.05, 0) is 51.1 Å². The molecule has 0 unspecified atom stereocenters. The molecule has 1 amide bonds. The van der Waals surface area contributed by atoms with Crippen LogP contribution in [0.2, 0.25) is 0 Å². The monoisotopic (exact) mass is 300 g/mol. The topological polar surface area (TPSA) is 76.1 Å². The molecule has 0 aliphatic carbocycles. The lowest BCUT2D eigenvalue weighted by molar-refractivity contribution is 0.102.